The van der Waals surface area contributed by atoms with Gasteiger partial charge in [-0.05, 0) is 55.4 Å². The Morgan fingerprint density at radius 1 is 1.17 bits per heavy atom. The van der Waals surface area contributed by atoms with Crippen molar-refractivity contribution in [2.45, 2.75) is 58.1 Å². The average molecular weight is 420 g/mol. The molecule has 1 aromatic carbocycles. The molecule has 0 unspecified atom stereocenters. The molecule has 1 amide bonds. The first-order valence-corrected chi connectivity index (χ1v) is 10.7. The molecule has 2 aromatic rings. The van der Waals surface area contributed by atoms with Gasteiger partial charge >= 0.3 is 5.97 Å². The van der Waals surface area contributed by atoms with Crippen LogP contribution < -0.4 is 4.90 Å². The molecule has 1 heterocycles. The van der Waals surface area contributed by atoms with Gasteiger partial charge in [-0.2, -0.15) is 0 Å². The molecule has 1 aliphatic rings. The summed E-state index contributed by atoms with van der Waals surface area (Å²) in [6.45, 7) is 3.91. The Kier molecular flexibility index (Phi) is 6.70. The van der Waals surface area contributed by atoms with Crippen LogP contribution in [0.4, 0.5) is 10.1 Å². The zero-order chi connectivity index (χ0) is 21.1. The first-order chi connectivity index (χ1) is 13.8. The van der Waals surface area contributed by atoms with E-state index in [1.54, 1.807) is 23.1 Å². The minimum Gasteiger partial charge on any atom is -0.477 e. The summed E-state index contributed by atoms with van der Waals surface area (Å²) in [5.74, 6) is -1.41. The number of amides is 1. The van der Waals surface area contributed by atoms with Crippen LogP contribution in [-0.4, -0.2) is 34.2 Å². The number of aromatic carboxylic acids is 1. The second-order valence-corrected chi connectivity index (χ2v) is 9.01. The summed E-state index contributed by atoms with van der Waals surface area (Å²) in [5, 5.41) is 19.7. The number of hydrogen-bond donors (Lipinski definition) is 2. The molecule has 156 valence electrons. The number of anilines is 1. The number of hydrogen-bond acceptors (Lipinski definition) is 4. The van der Waals surface area contributed by atoms with Gasteiger partial charge in [0, 0.05) is 17.3 Å². The van der Waals surface area contributed by atoms with Crippen molar-refractivity contribution < 1.29 is 24.2 Å². The van der Waals surface area contributed by atoms with Crippen LogP contribution in [0, 0.1) is 11.7 Å². The summed E-state index contributed by atoms with van der Waals surface area (Å²) in [6, 6.07) is 7.46. The van der Waals surface area contributed by atoms with Gasteiger partial charge in [0.25, 0.3) is 0 Å². The van der Waals surface area contributed by atoms with Gasteiger partial charge in [0.1, 0.15) is 10.7 Å². The smallest absolute Gasteiger partial charge is 0.348 e. The molecular weight excluding hydrogens is 393 g/mol. The minimum atomic E-state index is -1.09. The predicted molar refractivity (Wildman–Crippen MR) is 112 cm³/mol. The number of benzene rings is 1. The van der Waals surface area contributed by atoms with Crippen molar-refractivity contribution in [1.82, 2.24) is 0 Å². The van der Waals surface area contributed by atoms with Gasteiger partial charge in [0.2, 0.25) is 5.91 Å². The highest BCUT2D eigenvalue weighted by Gasteiger charge is 2.33. The van der Waals surface area contributed by atoms with Crippen LogP contribution in [0.5, 0.6) is 0 Å². The molecule has 0 aliphatic heterocycles. The monoisotopic (exact) mass is 419 g/mol. The van der Waals surface area contributed by atoms with Gasteiger partial charge in [-0.25, -0.2) is 9.18 Å². The van der Waals surface area contributed by atoms with Gasteiger partial charge in [0.15, 0.2) is 0 Å². The van der Waals surface area contributed by atoms with Crippen LogP contribution in [-0.2, 0) is 4.79 Å². The number of halogens is 1. The highest BCUT2D eigenvalue weighted by atomic mass is 32.1. The molecular formula is C22H26FNO4S. The van der Waals surface area contributed by atoms with E-state index in [1.165, 1.54) is 12.1 Å². The highest BCUT2D eigenvalue weighted by molar-refractivity contribution is 7.18. The van der Waals surface area contributed by atoms with Crippen LogP contribution in [0.25, 0.3) is 10.4 Å². The SMILES string of the molecule is CC(C)CC(=O)N(c1cc(-c2ccc(F)cc2)sc1C(=O)O)C1CCC(O)CC1. The Morgan fingerprint density at radius 2 is 1.79 bits per heavy atom. The number of carbonyl (C=O) groups excluding carboxylic acids is 1. The number of nitrogens with zero attached hydrogens (tertiary/aromatic N) is 1. The molecule has 0 bridgehead atoms. The average Bonchev–Trinajstić information content (AvgIpc) is 3.08. The van der Waals surface area contributed by atoms with Gasteiger partial charge in [-0.1, -0.05) is 26.0 Å². The van der Waals surface area contributed by atoms with Crippen LogP contribution in [0.1, 0.15) is 55.6 Å². The lowest BCUT2D eigenvalue weighted by Gasteiger charge is -2.36. The van der Waals surface area contributed by atoms with Crippen LogP contribution in [0.3, 0.4) is 0 Å². The number of carboxylic acid groups (broad SMARTS) is 1. The van der Waals surface area contributed by atoms with Crippen LogP contribution in [0.2, 0.25) is 0 Å². The Bertz CT molecular complexity index is 869. The van der Waals surface area contributed by atoms with Crippen molar-refractivity contribution in [3.8, 4) is 10.4 Å². The molecule has 5 nitrogen and oxygen atoms in total. The van der Waals surface area contributed by atoms with E-state index in [0.717, 1.165) is 11.3 Å². The first kappa shape index (κ1) is 21.5. The summed E-state index contributed by atoms with van der Waals surface area (Å²) in [7, 11) is 0. The largest absolute Gasteiger partial charge is 0.477 e. The molecule has 7 heteroatoms. The number of thiophene rings is 1. The first-order valence-electron chi connectivity index (χ1n) is 9.89. The van der Waals surface area contributed by atoms with E-state index in [0.29, 0.717) is 48.2 Å². The molecule has 2 N–H and O–H groups in total. The summed E-state index contributed by atoms with van der Waals surface area (Å²) in [5.41, 5.74) is 1.11. The number of aliphatic hydroxyl groups is 1. The third-order valence-corrected chi connectivity index (χ3v) is 6.34. The van der Waals surface area contributed by atoms with Crippen molar-refractivity contribution >= 4 is 28.9 Å². The molecule has 1 aliphatic carbocycles. The van der Waals surface area contributed by atoms with E-state index in [-0.39, 0.29) is 34.7 Å². The lowest BCUT2D eigenvalue weighted by Crippen LogP contribution is -2.44. The normalized spacial score (nSPS) is 19.3. The molecule has 1 saturated carbocycles. The van der Waals surface area contributed by atoms with Crippen molar-refractivity contribution in [3.63, 3.8) is 0 Å². The fourth-order valence-electron chi connectivity index (χ4n) is 3.77. The Labute approximate surface area is 173 Å². The molecule has 0 atom stereocenters. The Morgan fingerprint density at radius 3 is 2.34 bits per heavy atom. The summed E-state index contributed by atoms with van der Waals surface area (Å²) >= 11 is 1.09. The third kappa shape index (κ3) is 5.03. The Hall–Kier alpha value is -2.25. The predicted octanol–water partition coefficient (Wildman–Crippen LogP) is 4.94. The minimum absolute atomic E-state index is 0.104. The fraction of sp³-hybridized carbons (Fsp3) is 0.455. The maximum Gasteiger partial charge on any atom is 0.348 e. The van der Waals surface area contributed by atoms with E-state index < -0.39 is 5.97 Å². The van der Waals surface area contributed by atoms with Crippen molar-refractivity contribution in [2.75, 3.05) is 4.90 Å². The van der Waals surface area contributed by atoms with Gasteiger partial charge in [-0.3, -0.25) is 4.79 Å². The quantitative estimate of drug-likeness (QED) is 0.696. The van der Waals surface area contributed by atoms with Gasteiger partial charge in [0.05, 0.1) is 11.8 Å². The highest BCUT2D eigenvalue weighted by Crippen LogP contribution is 2.40. The molecule has 0 radical (unpaired) electrons. The standard InChI is InChI=1S/C22H26FNO4S/c1-13(2)11-20(26)24(16-7-9-17(25)10-8-16)18-12-19(29-21(18)22(27)28)14-3-5-15(23)6-4-14/h3-6,12-13,16-17,25H,7-11H2,1-2H3,(H,27,28). The van der Waals surface area contributed by atoms with E-state index in [2.05, 4.69) is 0 Å². The second kappa shape index (κ2) is 9.05. The zero-order valence-corrected chi connectivity index (χ0v) is 17.4. The molecule has 1 fully saturated rings. The van der Waals surface area contributed by atoms with E-state index in [9.17, 15) is 24.2 Å². The van der Waals surface area contributed by atoms with Crippen molar-refractivity contribution in [1.29, 1.82) is 0 Å². The number of carboxylic acids is 1. The van der Waals surface area contributed by atoms with Crippen LogP contribution in [0.15, 0.2) is 30.3 Å². The number of carbonyl (C=O) groups is 2. The lowest BCUT2D eigenvalue weighted by molar-refractivity contribution is -0.120. The van der Waals surface area contributed by atoms with E-state index >= 15 is 0 Å². The molecule has 1 aromatic heterocycles. The van der Waals surface area contributed by atoms with Gasteiger partial charge in [-0.15, -0.1) is 11.3 Å². The fourth-order valence-corrected chi connectivity index (χ4v) is 4.76. The topological polar surface area (TPSA) is 77.8 Å². The second-order valence-electron chi connectivity index (χ2n) is 7.96. The lowest BCUT2D eigenvalue weighted by atomic mass is 9.91. The summed E-state index contributed by atoms with van der Waals surface area (Å²) < 4.78 is 13.3. The third-order valence-electron chi connectivity index (χ3n) is 5.18. The van der Waals surface area contributed by atoms with Crippen LogP contribution >= 0.6 is 11.3 Å². The molecule has 3 rings (SSSR count). The van der Waals surface area contributed by atoms with Gasteiger partial charge < -0.3 is 15.1 Å². The van der Waals surface area contributed by atoms with Crippen molar-refractivity contribution in [3.05, 3.63) is 41.0 Å². The number of rotatable bonds is 6. The zero-order valence-electron chi connectivity index (χ0n) is 16.6. The Balaban J connectivity index is 2.04. The summed E-state index contributed by atoms with van der Waals surface area (Å²) in [4.78, 5) is 27.5. The van der Waals surface area contributed by atoms with E-state index in [1.807, 2.05) is 13.8 Å². The molecule has 0 saturated heterocycles. The van der Waals surface area contributed by atoms with E-state index in [4.69, 9.17) is 0 Å². The van der Waals surface area contributed by atoms with Crippen molar-refractivity contribution in [2.24, 2.45) is 5.92 Å². The number of aliphatic hydroxyl groups excluding tert-OH is 1. The maximum atomic E-state index is 13.3. The molecule has 29 heavy (non-hydrogen) atoms. The maximum absolute atomic E-state index is 13.3. The summed E-state index contributed by atoms with van der Waals surface area (Å²) in [6.07, 6.45) is 2.39. The molecule has 0 spiro atoms.